The maximum Gasteiger partial charge on any atom is 0.247 e. The zero-order valence-electron chi connectivity index (χ0n) is 19.6. The van der Waals surface area contributed by atoms with E-state index in [2.05, 4.69) is 28.5 Å². The standard InChI is InChI=1S/C27H30FN3O3/c1-27(2,30-25(32)15-19-4-3-5-24(28)14-19)26(33)31-10-11-34-18-21(17-31)12-20-6-7-22-8-9-29-16-23(22)13-20/h3-9,13-14,16,21H,10-12,15,17-18H2,1-2H3,(H,30,32)/t21-/m0/s1. The molecule has 4 rings (SSSR count). The van der Waals surface area contributed by atoms with Gasteiger partial charge in [-0.15, -0.1) is 0 Å². The van der Waals surface area contributed by atoms with Crippen LogP contribution in [0.2, 0.25) is 0 Å². The van der Waals surface area contributed by atoms with Crippen molar-refractivity contribution in [3.63, 3.8) is 0 Å². The summed E-state index contributed by atoms with van der Waals surface area (Å²) in [5, 5.41) is 5.06. The first-order valence-corrected chi connectivity index (χ1v) is 11.6. The van der Waals surface area contributed by atoms with E-state index in [0.29, 0.717) is 31.9 Å². The van der Waals surface area contributed by atoms with Crippen molar-refractivity contribution < 1.29 is 18.7 Å². The molecule has 2 amide bonds. The molecule has 178 valence electrons. The van der Waals surface area contributed by atoms with Gasteiger partial charge in [-0.2, -0.15) is 0 Å². The SMILES string of the molecule is CC(C)(NC(=O)Cc1cccc(F)c1)C(=O)N1CCOC[C@@H](Cc2ccc3ccncc3c2)C1. The van der Waals surface area contributed by atoms with Gasteiger partial charge in [-0.3, -0.25) is 14.6 Å². The number of hydrogen-bond acceptors (Lipinski definition) is 4. The summed E-state index contributed by atoms with van der Waals surface area (Å²) in [6.45, 7) is 5.46. The number of fused-ring (bicyclic) bond motifs is 1. The largest absolute Gasteiger partial charge is 0.379 e. The van der Waals surface area contributed by atoms with Gasteiger partial charge in [0.1, 0.15) is 11.4 Å². The summed E-state index contributed by atoms with van der Waals surface area (Å²) < 4.78 is 19.2. The van der Waals surface area contributed by atoms with E-state index in [1.165, 1.54) is 17.7 Å². The van der Waals surface area contributed by atoms with Gasteiger partial charge in [0.15, 0.2) is 0 Å². The van der Waals surface area contributed by atoms with Gasteiger partial charge >= 0.3 is 0 Å². The maximum absolute atomic E-state index is 13.4. The molecule has 34 heavy (non-hydrogen) atoms. The van der Waals surface area contributed by atoms with Crippen LogP contribution in [0.25, 0.3) is 10.8 Å². The molecule has 3 aromatic rings. The van der Waals surface area contributed by atoms with Gasteiger partial charge in [-0.05, 0) is 61.0 Å². The second kappa shape index (κ2) is 10.3. The lowest BCUT2D eigenvalue weighted by Crippen LogP contribution is -2.57. The van der Waals surface area contributed by atoms with Gasteiger partial charge in [0.2, 0.25) is 11.8 Å². The Kier molecular flexibility index (Phi) is 7.22. The van der Waals surface area contributed by atoms with Crippen molar-refractivity contribution in [2.24, 2.45) is 5.92 Å². The normalized spacial score (nSPS) is 16.8. The van der Waals surface area contributed by atoms with E-state index in [1.807, 2.05) is 12.3 Å². The number of carbonyl (C=O) groups is 2. The molecule has 2 heterocycles. The van der Waals surface area contributed by atoms with Crippen LogP contribution >= 0.6 is 0 Å². The van der Waals surface area contributed by atoms with Crippen LogP contribution in [0.1, 0.15) is 25.0 Å². The van der Waals surface area contributed by atoms with Gasteiger partial charge in [-0.25, -0.2) is 4.39 Å². The molecular formula is C27H30FN3O3. The number of halogens is 1. The third kappa shape index (κ3) is 5.97. The molecular weight excluding hydrogens is 433 g/mol. The molecule has 1 N–H and O–H groups in total. The first kappa shape index (κ1) is 23.8. The topological polar surface area (TPSA) is 71.5 Å². The van der Waals surface area contributed by atoms with Gasteiger partial charge in [-0.1, -0.05) is 24.3 Å². The van der Waals surface area contributed by atoms with Crippen molar-refractivity contribution in [3.05, 3.63) is 77.9 Å². The lowest BCUT2D eigenvalue weighted by molar-refractivity contribution is -0.140. The van der Waals surface area contributed by atoms with Crippen LogP contribution < -0.4 is 5.32 Å². The summed E-state index contributed by atoms with van der Waals surface area (Å²) in [6.07, 6.45) is 4.43. The minimum Gasteiger partial charge on any atom is -0.379 e. The summed E-state index contributed by atoms with van der Waals surface area (Å²) >= 11 is 0. The molecule has 0 unspecified atom stereocenters. The minimum absolute atomic E-state index is 0.0109. The molecule has 1 aromatic heterocycles. The Morgan fingerprint density at radius 3 is 2.82 bits per heavy atom. The Morgan fingerprint density at radius 2 is 2.00 bits per heavy atom. The number of nitrogens with zero attached hydrogens (tertiary/aromatic N) is 2. The number of aromatic nitrogens is 1. The van der Waals surface area contributed by atoms with E-state index in [1.54, 1.807) is 37.1 Å². The minimum atomic E-state index is -1.09. The van der Waals surface area contributed by atoms with E-state index in [4.69, 9.17) is 4.74 Å². The van der Waals surface area contributed by atoms with E-state index >= 15 is 0 Å². The lowest BCUT2D eigenvalue weighted by atomic mass is 9.96. The van der Waals surface area contributed by atoms with Crippen LogP contribution in [0.4, 0.5) is 4.39 Å². The Labute approximate surface area is 199 Å². The van der Waals surface area contributed by atoms with Crippen LogP contribution in [0.3, 0.4) is 0 Å². The molecule has 7 heteroatoms. The summed E-state index contributed by atoms with van der Waals surface area (Å²) in [5.41, 5.74) is 0.647. The average Bonchev–Trinajstić information content (AvgIpc) is 3.03. The maximum atomic E-state index is 13.4. The Morgan fingerprint density at radius 1 is 1.15 bits per heavy atom. The molecule has 1 aliphatic heterocycles. The van der Waals surface area contributed by atoms with Crippen LogP contribution in [0.5, 0.6) is 0 Å². The molecule has 1 aliphatic rings. The number of hydrogen-bond donors (Lipinski definition) is 1. The molecule has 0 spiro atoms. The number of amides is 2. The molecule has 0 radical (unpaired) electrons. The molecule has 0 saturated carbocycles. The molecule has 0 bridgehead atoms. The Balaban J connectivity index is 1.39. The molecule has 1 saturated heterocycles. The molecule has 1 fully saturated rings. The van der Waals surface area contributed by atoms with Crippen molar-refractivity contribution in [2.45, 2.75) is 32.2 Å². The van der Waals surface area contributed by atoms with Gasteiger partial charge in [0.05, 0.1) is 19.6 Å². The number of carbonyl (C=O) groups excluding carboxylic acids is 2. The summed E-state index contributed by atoms with van der Waals surface area (Å²) in [4.78, 5) is 31.9. The quantitative estimate of drug-likeness (QED) is 0.607. The third-order valence-electron chi connectivity index (χ3n) is 6.09. The summed E-state index contributed by atoms with van der Waals surface area (Å²) in [7, 11) is 0. The highest BCUT2D eigenvalue weighted by molar-refractivity contribution is 5.91. The van der Waals surface area contributed by atoms with Crippen LogP contribution in [0.15, 0.2) is 60.9 Å². The molecule has 0 aliphatic carbocycles. The van der Waals surface area contributed by atoms with Crippen LogP contribution in [-0.4, -0.2) is 53.5 Å². The fraction of sp³-hybridized carbons (Fsp3) is 0.370. The van der Waals surface area contributed by atoms with E-state index in [0.717, 1.165) is 17.2 Å². The molecule has 1 atom stereocenters. The van der Waals surface area contributed by atoms with Gasteiger partial charge in [0.25, 0.3) is 0 Å². The van der Waals surface area contributed by atoms with Crippen molar-refractivity contribution >= 4 is 22.6 Å². The van der Waals surface area contributed by atoms with E-state index in [9.17, 15) is 14.0 Å². The number of rotatable bonds is 6. The number of pyridine rings is 1. The second-order valence-electron chi connectivity index (χ2n) is 9.43. The predicted molar refractivity (Wildman–Crippen MR) is 129 cm³/mol. The number of ether oxygens (including phenoxy) is 1. The van der Waals surface area contributed by atoms with E-state index in [-0.39, 0.29) is 30.0 Å². The smallest absolute Gasteiger partial charge is 0.247 e. The highest BCUT2D eigenvalue weighted by Crippen LogP contribution is 2.20. The zero-order chi connectivity index (χ0) is 24.1. The van der Waals surface area contributed by atoms with Crippen molar-refractivity contribution in [1.82, 2.24) is 15.2 Å². The lowest BCUT2D eigenvalue weighted by Gasteiger charge is -2.33. The molecule has 6 nitrogen and oxygen atoms in total. The van der Waals surface area contributed by atoms with Crippen molar-refractivity contribution in [1.29, 1.82) is 0 Å². The first-order chi connectivity index (χ1) is 16.3. The van der Waals surface area contributed by atoms with Crippen molar-refractivity contribution in [3.8, 4) is 0 Å². The molecule has 2 aromatic carbocycles. The summed E-state index contributed by atoms with van der Waals surface area (Å²) in [5.74, 6) is -0.729. The fourth-order valence-corrected chi connectivity index (χ4v) is 4.46. The Bertz CT molecular complexity index is 1180. The van der Waals surface area contributed by atoms with Gasteiger partial charge < -0.3 is 15.0 Å². The highest BCUT2D eigenvalue weighted by atomic mass is 19.1. The average molecular weight is 464 g/mol. The summed E-state index contributed by atoms with van der Waals surface area (Å²) in [6, 6.07) is 14.2. The van der Waals surface area contributed by atoms with Crippen LogP contribution in [-0.2, 0) is 27.2 Å². The predicted octanol–water partition coefficient (Wildman–Crippen LogP) is 3.53. The highest BCUT2D eigenvalue weighted by Gasteiger charge is 2.35. The number of benzene rings is 2. The third-order valence-corrected chi connectivity index (χ3v) is 6.09. The fourth-order valence-electron chi connectivity index (χ4n) is 4.46. The van der Waals surface area contributed by atoms with E-state index < -0.39 is 5.54 Å². The number of nitrogens with one attached hydrogen (secondary N) is 1. The second-order valence-corrected chi connectivity index (χ2v) is 9.43. The van der Waals surface area contributed by atoms with Crippen LogP contribution in [0, 0.1) is 11.7 Å². The Hall–Kier alpha value is -3.32. The van der Waals surface area contributed by atoms with Crippen molar-refractivity contribution in [2.75, 3.05) is 26.3 Å². The monoisotopic (exact) mass is 463 g/mol. The zero-order valence-corrected chi connectivity index (χ0v) is 19.6. The first-order valence-electron chi connectivity index (χ1n) is 11.6. The van der Waals surface area contributed by atoms with Gasteiger partial charge in [0, 0.05) is 36.8 Å².